The Hall–Kier alpha value is -2.55. The van der Waals surface area contributed by atoms with Crippen molar-refractivity contribution in [3.63, 3.8) is 0 Å². The molecule has 0 aliphatic rings. The van der Waals surface area contributed by atoms with Gasteiger partial charge in [-0.3, -0.25) is 18.6 Å². The van der Waals surface area contributed by atoms with E-state index in [1.807, 2.05) is 0 Å². The molecule has 10 heteroatoms. The molecule has 0 bridgehead atoms. The Morgan fingerprint density at radius 1 is 0.419 bits per heavy atom. The molecular formula is C64H116NO8P. The SMILES string of the molecule is CC/C=C\C/C=C\C/C=C\C/C=C\C/C=C\CCCCCCCCCCCCCCCCCCCCCCCCCCCC(=O)OC(COC(=O)CCCCCCC/C=C\CCCCC)COP(=O)(O)OCCN. The molecule has 0 aromatic heterocycles. The summed E-state index contributed by atoms with van der Waals surface area (Å²) in [5.74, 6) is -0.829. The van der Waals surface area contributed by atoms with Crippen molar-refractivity contribution in [3.05, 3.63) is 72.9 Å². The average Bonchev–Trinajstić information content (AvgIpc) is 3.39. The minimum Gasteiger partial charge on any atom is -0.462 e. The predicted molar refractivity (Wildman–Crippen MR) is 316 cm³/mol. The van der Waals surface area contributed by atoms with Gasteiger partial charge in [0.05, 0.1) is 13.2 Å². The van der Waals surface area contributed by atoms with Gasteiger partial charge in [0.25, 0.3) is 0 Å². The van der Waals surface area contributed by atoms with E-state index in [1.54, 1.807) is 0 Å². The van der Waals surface area contributed by atoms with Gasteiger partial charge in [0.2, 0.25) is 0 Å². The quantitative estimate of drug-likeness (QED) is 0.0264. The van der Waals surface area contributed by atoms with E-state index in [1.165, 1.54) is 173 Å². The average molecular weight is 1060 g/mol. The van der Waals surface area contributed by atoms with E-state index in [9.17, 15) is 19.0 Å². The highest BCUT2D eigenvalue weighted by Gasteiger charge is 2.26. The van der Waals surface area contributed by atoms with Crippen molar-refractivity contribution in [1.29, 1.82) is 0 Å². The van der Waals surface area contributed by atoms with Crippen molar-refractivity contribution in [1.82, 2.24) is 0 Å². The van der Waals surface area contributed by atoms with Gasteiger partial charge in [0, 0.05) is 19.4 Å². The predicted octanol–water partition coefficient (Wildman–Crippen LogP) is 19.7. The van der Waals surface area contributed by atoms with Crippen molar-refractivity contribution in [3.8, 4) is 0 Å². The summed E-state index contributed by atoms with van der Waals surface area (Å²) in [6.07, 6.45) is 77.2. The summed E-state index contributed by atoms with van der Waals surface area (Å²) in [4.78, 5) is 35.1. The van der Waals surface area contributed by atoms with Crippen LogP contribution in [0.15, 0.2) is 72.9 Å². The standard InChI is InChI=1S/C64H116NO8P/c1-3-5-7-9-11-13-15-17-18-19-20-21-22-23-24-25-26-27-28-29-30-31-32-33-34-35-36-37-38-39-40-41-42-43-44-45-47-49-51-53-55-57-64(67)73-62(61-72-74(68,69)71-59-58-65)60-70-63(66)56-54-52-50-48-46-16-14-12-10-8-6-4-2/h5,7,11-14,17-18,20-21,23-24,62H,3-4,6,8-10,15-16,19,22,25-61,65H2,1-2H3,(H,68,69)/b7-5-,13-11-,14-12-,18-17-,21-20-,24-23-. The Labute approximate surface area is 456 Å². The number of ether oxygens (including phenoxy) is 2. The van der Waals surface area contributed by atoms with Crippen molar-refractivity contribution >= 4 is 19.8 Å². The van der Waals surface area contributed by atoms with Crippen LogP contribution in [0.2, 0.25) is 0 Å². The molecule has 0 aromatic carbocycles. The van der Waals surface area contributed by atoms with Crippen molar-refractivity contribution < 1.29 is 37.6 Å². The minimum absolute atomic E-state index is 0.0528. The number of esters is 2. The van der Waals surface area contributed by atoms with Gasteiger partial charge < -0.3 is 20.1 Å². The van der Waals surface area contributed by atoms with E-state index in [-0.39, 0.29) is 38.6 Å². The number of carbonyl (C=O) groups excluding carboxylic acids is 2. The van der Waals surface area contributed by atoms with Crippen molar-refractivity contribution in [2.24, 2.45) is 5.73 Å². The van der Waals surface area contributed by atoms with Crippen LogP contribution in [0.25, 0.3) is 0 Å². The number of unbranched alkanes of at least 4 members (excludes halogenated alkanes) is 33. The summed E-state index contributed by atoms with van der Waals surface area (Å²) in [5.41, 5.74) is 5.37. The van der Waals surface area contributed by atoms with Crippen LogP contribution in [0.4, 0.5) is 0 Å². The van der Waals surface area contributed by atoms with Crippen LogP contribution in [0.1, 0.15) is 290 Å². The Balaban J connectivity index is 3.73. The first-order chi connectivity index (χ1) is 36.3. The Morgan fingerprint density at radius 2 is 0.743 bits per heavy atom. The maximum Gasteiger partial charge on any atom is 0.472 e. The molecule has 0 spiro atoms. The Kier molecular flexibility index (Phi) is 57.6. The third-order valence-electron chi connectivity index (χ3n) is 13.3. The molecule has 0 aromatic rings. The van der Waals surface area contributed by atoms with Gasteiger partial charge in [0.1, 0.15) is 6.61 Å². The number of nitrogens with two attached hydrogens (primary N) is 1. The van der Waals surface area contributed by atoms with Gasteiger partial charge in [0.15, 0.2) is 6.10 Å². The first-order valence-electron chi connectivity index (χ1n) is 30.9. The summed E-state index contributed by atoms with van der Waals surface area (Å²) < 4.78 is 32.9. The number of allylic oxidation sites excluding steroid dienone is 12. The maximum atomic E-state index is 12.7. The fourth-order valence-electron chi connectivity index (χ4n) is 8.78. The lowest BCUT2D eigenvalue weighted by Crippen LogP contribution is -2.29. The smallest absolute Gasteiger partial charge is 0.462 e. The van der Waals surface area contributed by atoms with E-state index in [0.29, 0.717) is 6.42 Å². The summed E-state index contributed by atoms with van der Waals surface area (Å²) in [5, 5.41) is 0. The zero-order chi connectivity index (χ0) is 53.8. The van der Waals surface area contributed by atoms with Gasteiger partial charge >= 0.3 is 19.8 Å². The third kappa shape index (κ3) is 58.7. The lowest BCUT2D eigenvalue weighted by Gasteiger charge is -2.19. The molecule has 0 rings (SSSR count). The van der Waals surface area contributed by atoms with Crippen molar-refractivity contribution in [2.45, 2.75) is 296 Å². The number of hydrogen-bond donors (Lipinski definition) is 2. The van der Waals surface area contributed by atoms with Crippen molar-refractivity contribution in [2.75, 3.05) is 26.4 Å². The molecule has 2 atom stereocenters. The topological polar surface area (TPSA) is 134 Å². The number of phosphoric acid groups is 1. The van der Waals surface area contributed by atoms with Crippen LogP contribution >= 0.6 is 7.82 Å². The Morgan fingerprint density at radius 3 is 1.12 bits per heavy atom. The lowest BCUT2D eigenvalue weighted by molar-refractivity contribution is -0.161. The van der Waals surface area contributed by atoms with Gasteiger partial charge in [-0.25, -0.2) is 4.57 Å². The molecule has 2 unspecified atom stereocenters. The van der Waals surface area contributed by atoms with Crippen LogP contribution in [0.5, 0.6) is 0 Å². The van der Waals surface area contributed by atoms with E-state index >= 15 is 0 Å². The molecule has 0 saturated heterocycles. The van der Waals surface area contributed by atoms with Crippen LogP contribution in [-0.4, -0.2) is 49.3 Å². The Bertz CT molecular complexity index is 1440. The van der Waals surface area contributed by atoms with E-state index in [0.717, 1.165) is 83.5 Å². The molecule has 430 valence electrons. The highest BCUT2D eigenvalue weighted by Crippen LogP contribution is 2.43. The zero-order valence-electron chi connectivity index (χ0n) is 48.1. The fourth-order valence-corrected chi connectivity index (χ4v) is 9.54. The monoisotopic (exact) mass is 1060 g/mol. The van der Waals surface area contributed by atoms with Gasteiger partial charge in [-0.05, 0) is 83.5 Å². The molecule has 0 aliphatic carbocycles. The summed E-state index contributed by atoms with van der Waals surface area (Å²) in [7, 11) is -4.38. The second-order valence-electron chi connectivity index (χ2n) is 20.5. The zero-order valence-corrected chi connectivity index (χ0v) is 49.0. The van der Waals surface area contributed by atoms with Crippen LogP contribution < -0.4 is 5.73 Å². The first-order valence-corrected chi connectivity index (χ1v) is 32.4. The van der Waals surface area contributed by atoms with Crippen LogP contribution in [-0.2, 0) is 32.7 Å². The molecule has 0 heterocycles. The van der Waals surface area contributed by atoms with Gasteiger partial charge in [-0.1, -0.05) is 267 Å². The number of carbonyl (C=O) groups is 2. The normalized spacial score (nSPS) is 13.5. The molecule has 0 amide bonds. The highest BCUT2D eigenvalue weighted by atomic mass is 31.2. The highest BCUT2D eigenvalue weighted by molar-refractivity contribution is 7.47. The summed E-state index contributed by atoms with van der Waals surface area (Å²) in [6, 6.07) is 0. The second kappa shape index (κ2) is 59.7. The first kappa shape index (κ1) is 71.5. The largest absolute Gasteiger partial charge is 0.472 e. The van der Waals surface area contributed by atoms with Gasteiger partial charge in [-0.15, -0.1) is 0 Å². The molecule has 0 aliphatic heterocycles. The van der Waals surface area contributed by atoms with E-state index < -0.39 is 26.5 Å². The maximum absolute atomic E-state index is 12.7. The minimum atomic E-state index is -4.38. The second-order valence-corrected chi connectivity index (χ2v) is 22.0. The summed E-state index contributed by atoms with van der Waals surface area (Å²) >= 11 is 0. The molecule has 0 radical (unpaired) electrons. The fraction of sp³-hybridized carbons (Fsp3) is 0.781. The van der Waals surface area contributed by atoms with Gasteiger partial charge in [-0.2, -0.15) is 0 Å². The summed E-state index contributed by atoms with van der Waals surface area (Å²) in [6.45, 7) is 3.61. The lowest BCUT2D eigenvalue weighted by atomic mass is 10.0. The molecule has 3 N–H and O–H groups in total. The third-order valence-corrected chi connectivity index (χ3v) is 14.3. The van der Waals surface area contributed by atoms with E-state index in [4.69, 9.17) is 24.3 Å². The molecule has 74 heavy (non-hydrogen) atoms. The molecular weight excluding hydrogens is 942 g/mol. The van der Waals surface area contributed by atoms with E-state index in [2.05, 4.69) is 86.8 Å². The van der Waals surface area contributed by atoms with Crippen LogP contribution in [0, 0.1) is 0 Å². The number of hydrogen-bond acceptors (Lipinski definition) is 8. The molecule has 0 saturated carbocycles. The number of rotatable bonds is 58. The molecule has 0 fully saturated rings. The van der Waals surface area contributed by atoms with Crippen LogP contribution in [0.3, 0.4) is 0 Å². The number of phosphoric ester groups is 1. The molecule has 9 nitrogen and oxygen atoms in total.